The number of rotatable bonds is 9. The van der Waals surface area contributed by atoms with Gasteiger partial charge >= 0.3 is 0 Å². The minimum Gasteiger partial charge on any atom is -0.354 e. The van der Waals surface area contributed by atoms with Gasteiger partial charge < -0.3 is 10.6 Å². The summed E-state index contributed by atoms with van der Waals surface area (Å²) in [6.07, 6.45) is 4.10. The molecule has 0 aromatic heterocycles. The molecule has 0 heterocycles. The van der Waals surface area contributed by atoms with Crippen LogP contribution in [-0.4, -0.2) is 24.5 Å². The fourth-order valence-electron chi connectivity index (χ4n) is 1.73. The molecule has 0 aliphatic carbocycles. The summed E-state index contributed by atoms with van der Waals surface area (Å²) in [5, 5.41) is 6.30. The zero-order valence-electron chi connectivity index (χ0n) is 12.2. The lowest BCUT2D eigenvalue weighted by molar-refractivity contribution is -0.121. The normalized spacial score (nSPS) is 13.1. The topological polar surface area (TPSA) is 41.1 Å². The molecule has 0 aromatic rings. The molecule has 1 amide bonds. The van der Waals surface area contributed by atoms with Crippen molar-refractivity contribution in [2.45, 2.75) is 72.4 Å². The van der Waals surface area contributed by atoms with Gasteiger partial charge in [-0.15, -0.1) is 0 Å². The molecular formula is C14H30N2O. The quantitative estimate of drug-likeness (QED) is 0.653. The predicted octanol–water partition coefficient (Wildman–Crippen LogP) is 2.71. The number of carbonyl (C=O) groups is 1. The zero-order valence-corrected chi connectivity index (χ0v) is 12.2. The molecule has 1 unspecified atom stereocenters. The van der Waals surface area contributed by atoms with Crippen LogP contribution in [0.4, 0.5) is 0 Å². The molecule has 2 N–H and O–H groups in total. The number of hydrogen-bond acceptors (Lipinski definition) is 2. The van der Waals surface area contributed by atoms with E-state index in [9.17, 15) is 4.79 Å². The first-order valence-electron chi connectivity index (χ1n) is 6.94. The molecule has 0 saturated carbocycles. The molecule has 0 fully saturated rings. The van der Waals surface area contributed by atoms with Crippen molar-refractivity contribution in [1.29, 1.82) is 0 Å². The van der Waals surface area contributed by atoms with E-state index in [1.165, 1.54) is 12.8 Å². The van der Waals surface area contributed by atoms with Crippen molar-refractivity contribution in [2.75, 3.05) is 6.54 Å². The lowest BCUT2D eigenvalue weighted by atomic mass is 10.0. The van der Waals surface area contributed by atoms with E-state index in [-0.39, 0.29) is 5.91 Å². The number of nitrogens with one attached hydrogen (secondary N) is 2. The molecule has 3 nitrogen and oxygen atoms in total. The Bertz CT molecular complexity index is 202. The average Bonchev–Trinajstić information content (AvgIpc) is 2.15. The van der Waals surface area contributed by atoms with Crippen molar-refractivity contribution in [3.63, 3.8) is 0 Å². The van der Waals surface area contributed by atoms with E-state index in [1.54, 1.807) is 0 Å². The fraction of sp³-hybridized carbons (Fsp3) is 0.929. The van der Waals surface area contributed by atoms with Gasteiger partial charge in [0.1, 0.15) is 0 Å². The molecule has 0 aliphatic heterocycles. The van der Waals surface area contributed by atoms with Crippen LogP contribution in [0.25, 0.3) is 0 Å². The van der Waals surface area contributed by atoms with Crippen LogP contribution in [0.3, 0.4) is 0 Å². The third kappa shape index (κ3) is 11.7. The van der Waals surface area contributed by atoms with Crippen LogP contribution in [0.2, 0.25) is 0 Å². The standard InChI is InChI=1S/C14H30N2O/c1-11(2)7-6-8-13(5)16-14(17)9-10-15-12(3)4/h11-13,15H,6-10H2,1-5H3,(H,16,17). The van der Waals surface area contributed by atoms with Gasteiger partial charge in [-0.05, 0) is 19.3 Å². The number of hydrogen-bond donors (Lipinski definition) is 2. The van der Waals surface area contributed by atoms with Crippen molar-refractivity contribution in [1.82, 2.24) is 10.6 Å². The van der Waals surface area contributed by atoms with Gasteiger partial charge in [0.05, 0.1) is 0 Å². The van der Waals surface area contributed by atoms with Gasteiger partial charge in [-0.3, -0.25) is 4.79 Å². The summed E-state index contributed by atoms with van der Waals surface area (Å²) in [4.78, 5) is 11.6. The van der Waals surface area contributed by atoms with E-state index in [0.717, 1.165) is 18.9 Å². The molecular weight excluding hydrogens is 212 g/mol. The van der Waals surface area contributed by atoms with E-state index >= 15 is 0 Å². The molecule has 1 atom stereocenters. The third-order valence-corrected chi connectivity index (χ3v) is 2.73. The molecule has 102 valence electrons. The Labute approximate surface area is 107 Å². The Kier molecular flexibility index (Phi) is 9.14. The summed E-state index contributed by atoms with van der Waals surface area (Å²) in [7, 11) is 0. The molecule has 0 aliphatic rings. The molecule has 0 saturated heterocycles. The summed E-state index contributed by atoms with van der Waals surface area (Å²) in [5.41, 5.74) is 0. The van der Waals surface area contributed by atoms with Gasteiger partial charge in [-0.1, -0.05) is 40.5 Å². The first-order valence-corrected chi connectivity index (χ1v) is 6.94. The van der Waals surface area contributed by atoms with Crippen LogP contribution in [0.1, 0.15) is 60.3 Å². The summed E-state index contributed by atoms with van der Waals surface area (Å²) in [6, 6.07) is 0.756. The van der Waals surface area contributed by atoms with Gasteiger partial charge in [-0.2, -0.15) is 0 Å². The summed E-state index contributed by atoms with van der Waals surface area (Å²) >= 11 is 0. The second-order valence-electron chi connectivity index (χ2n) is 5.65. The van der Waals surface area contributed by atoms with Gasteiger partial charge in [-0.25, -0.2) is 0 Å². The van der Waals surface area contributed by atoms with Crippen LogP contribution in [0.15, 0.2) is 0 Å². The summed E-state index contributed by atoms with van der Waals surface area (Å²) in [6.45, 7) is 11.5. The van der Waals surface area contributed by atoms with Crippen molar-refractivity contribution in [3.8, 4) is 0 Å². The molecule has 0 bridgehead atoms. The molecule has 0 radical (unpaired) electrons. The van der Waals surface area contributed by atoms with Crippen molar-refractivity contribution in [3.05, 3.63) is 0 Å². The number of amides is 1. The third-order valence-electron chi connectivity index (χ3n) is 2.73. The van der Waals surface area contributed by atoms with Crippen LogP contribution in [0, 0.1) is 5.92 Å². The SMILES string of the molecule is CC(C)CCCC(C)NC(=O)CCNC(C)C. The zero-order chi connectivity index (χ0) is 13.3. The van der Waals surface area contributed by atoms with Crippen molar-refractivity contribution >= 4 is 5.91 Å². The van der Waals surface area contributed by atoms with Crippen LogP contribution < -0.4 is 10.6 Å². The molecule has 17 heavy (non-hydrogen) atoms. The maximum atomic E-state index is 11.6. The highest BCUT2D eigenvalue weighted by atomic mass is 16.1. The highest BCUT2D eigenvalue weighted by molar-refractivity contribution is 5.76. The lowest BCUT2D eigenvalue weighted by Crippen LogP contribution is -2.35. The predicted molar refractivity (Wildman–Crippen MR) is 74.0 cm³/mol. The average molecular weight is 242 g/mol. The Morgan fingerprint density at radius 2 is 1.71 bits per heavy atom. The van der Waals surface area contributed by atoms with Crippen LogP contribution in [0.5, 0.6) is 0 Å². The summed E-state index contributed by atoms with van der Waals surface area (Å²) in [5.74, 6) is 0.920. The number of carbonyl (C=O) groups excluding carboxylic acids is 1. The smallest absolute Gasteiger partial charge is 0.221 e. The highest BCUT2D eigenvalue weighted by Crippen LogP contribution is 2.08. The molecule has 0 spiro atoms. The largest absolute Gasteiger partial charge is 0.354 e. The second kappa shape index (κ2) is 9.46. The van der Waals surface area contributed by atoms with Gasteiger partial charge in [0.2, 0.25) is 5.91 Å². The van der Waals surface area contributed by atoms with E-state index in [2.05, 4.69) is 45.3 Å². The fourth-order valence-corrected chi connectivity index (χ4v) is 1.73. The Morgan fingerprint density at radius 3 is 2.24 bits per heavy atom. The molecule has 3 heteroatoms. The van der Waals surface area contributed by atoms with E-state index in [4.69, 9.17) is 0 Å². The lowest BCUT2D eigenvalue weighted by Gasteiger charge is -2.15. The highest BCUT2D eigenvalue weighted by Gasteiger charge is 2.07. The Morgan fingerprint density at radius 1 is 1.06 bits per heavy atom. The van der Waals surface area contributed by atoms with Gasteiger partial charge in [0.25, 0.3) is 0 Å². The monoisotopic (exact) mass is 242 g/mol. The summed E-state index contributed by atoms with van der Waals surface area (Å²) < 4.78 is 0. The van der Waals surface area contributed by atoms with Crippen LogP contribution >= 0.6 is 0 Å². The second-order valence-corrected chi connectivity index (χ2v) is 5.65. The first-order chi connectivity index (χ1) is 7.91. The Hall–Kier alpha value is -0.570. The van der Waals surface area contributed by atoms with Crippen LogP contribution in [-0.2, 0) is 4.79 Å². The maximum Gasteiger partial charge on any atom is 0.221 e. The minimum absolute atomic E-state index is 0.162. The first kappa shape index (κ1) is 16.4. The minimum atomic E-state index is 0.162. The van der Waals surface area contributed by atoms with Gasteiger partial charge in [0, 0.05) is 25.0 Å². The van der Waals surface area contributed by atoms with Crippen molar-refractivity contribution < 1.29 is 4.79 Å². The van der Waals surface area contributed by atoms with E-state index < -0.39 is 0 Å². The van der Waals surface area contributed by atoms with Gasteiger partial charge in [0.15, 0.2) is 0 Å². The molecule has 0 aromatic carbocycles. The Balaban J connectivity index is 3.52. The van der Waals surface area contributed by atoms with E-state index in [0.29, 0.717) is 18.5 Å². The van der Waals surface area contributed by atoms with Crippen molar-refractivity contribution in [2.24, 2.45) is 5.92 Å². The molecule has 0 rings (SSSR count). The van der Waals surface area contributed by atoms with E-state index in [1.807, 2.05) is 0 Å². The maximum absolute atomic E-state index is 11.6.